The number of likely N-dealkylation sites (tertiary alicyclic amines) is 1. The average Bonchev–Trinajstić information content (AvgIpc) is 3.11. The van der Waals surface area contributed by atoms with Gasteiger partial charge < -0.3 is 10.2 Å². The van der Waals surface area contributed by atoms with E-state index in [4.69, 9.17) is 0 Å². The summed E-state index contributed by atoms with van der Waals surface area (Å²) >= 11 is 0. The van der Waals surface area contributed by atoms with Crippen LogP contribution in [0.3, 0.4) is 0 Å². The van der Waals surface area contributed by atoms with Crippen LogP contribution < -0.4 is 5.32 Å². The van der Waals surface area contributed by atoms with E-state index in [-0.39, 0.29) is 11.3 Å². The van der Waals surface area contributed by atoms with Crippen LogP contribution in [0.2, 0.25) is 0 Å². The standard InChI is InChI=1S/C41H42N2O/c44-40(37-24-22-35(23-25-37)33-14-5-1-6-15-33)42-32-41(38-18-9-3-10-19-38,39-20-11-4-12-21-39)28-13-29-43-30-26-36(27-31-43)34-16-7-2-8-17-34/h1-12,14-25,36H,13,26-32H2,(H,42,44). The highest BCUT2D eigenvalue weighted by Gasteiger charge is 2.35. The lowest BCUT2D eigenvalue weighted by atomic mass is 9.71. The third-order valence-electron chi connectivity index (χ3n) is 9.39. The number of amides is 1. The molecule has 1 aliphatic rings. The van der Waals surface area contributed by atoms with Gasteiger partial charge in [-0.15, -0.1) is 0 Å². The van der Waals surface area contributed by atoms with Gasteiger partial charge in [-0.1, -0.05) is 133 Å². The average molecular weight is 579 g/mol. The lowest BCUT2D eigenvalue weighted by Crippen LogP contribution is -2.42. The predicted octanol–water partition coefficient (Wildman–Crippen LogP) is 8.73. The largest absolute Gasteiger partial charge is 0.351 e. The molecule has 0 bridgehead atoms. The summed E-state index contributed by atoms with van der Waals surface area (Å²) in [6.45, 7) is 3.88. The van der Waals surface area contributed by atoms with Gasteiger partial charge in [0.1, 0.15) is 0 Å². The fourth-order valence-corrected chi connectivity index (χ4v) is 6.86. The molecule has 1 heterocycles. The summed E-state index contributed by atoms with van der Waals surface area (Å²) in [6.07, 6.45) is 4.44. The Kier molecular flexibility index (Phi) is 9.64. The number of nitrogens with zero attached hydrogens (tertiary/aromatic N) is 1. The Morgan fingerprint density at radius 3 is 1.70 bits per heavy atom. The molecule has 0 radical (unpaired) electrons. The van der Waals surface area contributed by atoms with Crippen LogP contribution in [0.4, 0.5) is 0 Å². The Bertz CT molecular complexity index is 1540. The summed E-state index contributed by atoms with van der Waals surface area (Å²) in [5, 5.41) is 3.36. The van der Waals surface area contributed by atoms with Gasteiger partial charge in [0, 0.05) is 17.5 Å². The summed E-state index contributed by atoms with van der Waals surface area (Å²) in [5.41, 5.74) is 6.58. The second-order valence-corrected chi connectivity index (χ2v) is 12.1. The molecular formula is C41H42N2O. The molecule has 1 N–H and O–H groups in total. The van der Waals surface area contributed by atoms with Crippen LogP contribution in [0.25, 0.3) is 11.1 Å². The minimum atomic E-state index is -0.329. The Morgan fingerprint density at radius 1 is 0.636 bits per heavy atom. The molecule has 5 aromatic carbocycles. The molecule has 3 heteroatoms. The number of rotatable bonds is 11. The fourth-order valence-electron chi connectivity index (χ4n) is 6.86. The quantitative estimate of drug-likeness (QED) is 0.170. The van der Waals surface area contributed by atoms with Crippen LogP contribution in [0.5, 0.6) is 0 Å². The van der Waals surface area contributed by atoms with Gasteiger partial charge >= 0.3 is 0 Å². The minimum Gasteiger partial charge on any atom is -0.351 e. The first kappa shape index (κ1) is 29.6. The first-order valence-electron chi connectivity index (χ1n) is 16.0. The molecule has 5 aromatic rings. The summed E-state index contributed by atoms with van der Waals surface area (Å²) in [4.78, 5) is 16.2. The molecule has 0 unspecified atom stereocenters. The Morgan fingerprint density at radius 2 is 1.14 bits per heavy atom. The lowest BCUT2D eigenvalue weighted by Gasteiger charge is -2.37. The van der Waals surface area contributed by atoms with Crippen LogP contribution in [-0.4, -0.2) is 37.0 Å². The number of carbonyl (C=O) groups excluding carboxylic acids is 1. The van der Waals surface area contributed by atoms with Crippen molar-refractivity contribution in [2.45, 2.75) is 37.0 Å². The van der Waals surface area contributed by atoms with Crippen molar-refractivity contribution in [1.29, 1.82) is 0 Å². The number of piperidine rings is 1. The highest BCUT2D eigenvalue weighted by molar-refractivity contribution is 5.94. The summed E-state index contributed by atoms with van der Waals surface area (Å²) in [6, 6.07) is 50.7. The van der Waals surface area contributed by atoms with Gasteiger partial charge in [0.15, 0.2) is 0 Å². The lowest BCUT2D eigenvalue weighted by molar-refractivity contribution is 0.0944. The van der Waals surface area contributed by atoms with Gasteiger partial charge in [0.2, 0.25) is 0 Å². The van der Waals surface area contributed by atoms with E-state index in [9.17, 15) is 4.79 Å². The maximum atomic E-state index is 13.6. The van der Waals surface area contributed by atoms with E-state index in [1.54, 1.807) is 0 Å². The molecule has 1 fully saturated rings. The maximum Gasteiger partial charge on any atom is 0.251 e. The molecule has 0 saturated carbocycles. The number of hydrogen-bond donors (Lipinski definition) is 1. The van der Waals surface area contributed by atoms with E-state index in [1.807, 2.05) is 42.5 Å². The van der Waals surface area contributed by atoms with Gasteiger partial charge in [0.25, 0.3) is 5.91 Å². The van der Waals surface area contributed by atoms with Crippen molar-refractivity contribution >= 4 is 5.91 Å². The fraction of sp³-hybridized carbons (Fsp3) is 0.244. The Labute approximate surface area is 262 Å². The molecule has 1 amide bonds. The third kappa shape index (κ3) is 7.01. The van der Waals surface area contributed by atoms with Crippen molar-refractivity contribution in [3.63, 3.8) is 0 Å². The zero-order valence-electron chi connectivity index (χ0n) is 25.4. The molecular weight excluding hydrogens is 536 g/mol. The van der Waals surface area contributed by atoms with Gasteiger partial charge in [0.05, 0.1) is 0 Å². The zero-order chi connectivity index (χ0) is 30.0. The zero-order valence-corrected chi connectivity index (χ0v) is 25.4. The van der Waals surface area contributed by atoms with Crippen molar-refractivity contribution in [3.8, 4) is 11.1 Å². The van der Waals surface area contributed by atoms with Gasteiger partial charge in [-0.05, 0) is 91.2 Å². The molecule has 0 atom stereocenters. The Balaban J connectivity index is 1.17. The number of carbonyl (C=O) groups is 1. The second-order valence-electron chi connectivity index (χ2n) is 12.1. The Hall–Kier alpha value is -4.47. The van der Waals surface area contributed by atoms with Gasteiger partial charge in [-0.25, -0.2) is 0 Å². The van der Waals surface area contributed by atoms with E-state index < -0.39 is 0 Å². The molecule has 44 heavy (non-hydrogen) atoms. The molecule has 0 aromatic heterocycles. The van der Waals surface area contributed by atoms with Crippen LogP contribution in [-0.2, 0) is 5.41 Å². The van der Waals surface area contributed by atoms with Crippen LogP contribution in [0, 0.1) is 0 Å². The highest BCUT2D eigenvalue weighted by atomic mass is 16.1. The van der Waals surface area contributed by atoms with Gasteiger partial charge in [-0.3, -0.25) is 4.79 Å². The third-order valence-corrected chi connectivity index (χ3v) is 9.39. The molecule has 6 rings (SSSR count). The molecule has 0 aliphatic carbocycles. The smallest absolute Gasteiger partial charge is 0.251 e. The van der Waals surface area contributed by atoms with Crippen LogP contribution >= 0.6 is 0 Å². The van der Waals surface area contributed by atoms with Gasteiger partial charge in [-0.2, -0.15) is 0 Å². The highest BCUT2D eigenvalue weighted by Crippen LogP contribution is 2.37. The molecule has 222 valence electrons. The van der Waals surface area contributed by atoms with Crippen molar-refractivity contribution in [1.82, 2.24) is 10.2 Å². The SMILES string of the molecule is O=C(NCC(CCCN1CCC(c2ccccc2)CC1)(c1ccccc1)c1ccccc1)c1ccc(-c2ccccc2)cc1. The van der Waals surface area contributed by atoms with Crippen molar-refractivity contribution in [3.05, 3.63) is 168 Å². The van der Waals surface area contributed by atoms with Crippen LogP contribution in [0.15, 0.2) is 146 Å². The van der Waals surface area contributed by atoms with Crippen molar-refractivity contribution in [2.24, 2.45) is 0 Å². The van der Waals surface area contributed by atoms with E-state index in [0.29, 0.717) is 18.0 Å². The monoisotopic (exact) mass is 578 g/mol. The summed E-state index contributed by atoms with van der Waals surface area (Å²) < 4.78 is 0. The van der Waals surface area contributed by atoms with E-state index >= 15 is 0 Å². The first-order chi connectivity index (χ1) is 21.7. The molecule has 0 spiro atoms. The minimum absolute atomic E-state index is 0.0381. The number of nitrogens with one attached hydrogen (secondary N) is 1. The van der Waals surface area contributed by atoms with Crippen molar-refractivity contribution < 1.29 is 4.79 Å². The second kappa shape index (κ2) is 14.3. The van der Waals surface area contributed by atoms with E-state index in [2.05, 4.69) is 113 Å². The summed E-state index contributed by atoms with van der Waals surface area (Å²) in [5.74, 6) is 0.626. The number of hydrogen-bond acceptors (Lipinski definition) is 2. The van der Waals surface area contributed by atoms with E-state index in [0.717, 1.165) is 43.6 Å². The topological polar surface area (TPSA) is 32.3 Å². The predicted molar refractivity (Wildman–Crippen MR) is 182 cm³/mol. The van der Waals surface area contributed by atoms with E-state index in [1.165, 1.54) is 29.5 Å². The number of benzene rings is 5. The first-order valence-corrected chi connectivity index (χ1v) is 16.0. The molecule has 1 saturated heterocycles. The van der Waals surface area contributed by atoms with Crippen LogP contribution in [0.1, 0.15) is 58.6 Å². The van der Waals surface area contributed by atoms with Crippen molar-refractivity contribution in [2.75, 3.05) is 26.2 Å². The maximum absolute atomic E-state index is 13.6. The normalized spacial score (nSPS) is 14.3. The summed E-state index contributed by atoms with van der Waals surface area (Å²) in [7, 11) is 0. The molecule has 1 aliphatic heterocycles. The molecule has 3 nitrogen and oxygen atoms in total.